The molecule has 1 amide bonds. The molecule has 0 radical (unpaired) electrons. The Morgan fingerprint density at radius 3 is 2.50 bits per heavy atom. The smallest absolute Gasteiger partial charge is 0.307 e. The second-order valence-corrected chi connectivity index (χ2v) is 5.96. The van der Waals surface area contributed by atoms with E-state index < -0.39 is 0 Å². The van der Waals surface area contributed by atoms with E-state index in [2.05, 4.69) is 4.74 Å². The van der Waals surface area contributed by atoms with Crippen molar-refractivity contribution in [1.82, 2.24) is 4.90 Å². The first kappa shape index (κ1) is 16.2. The highest BCUT2D eigenvalue weighted by Crippen LogP contribution is 2.15. The monoisotopic (exact) mass is 317 g/mol. The standard InChI is InChI=1S/C17H19NO3S/c1-13-5-7-14(8-6-13)12-18(10-9-16(19)21-2)17(20)15-4-3-11-22-15/h3-8,11H,9-10,12H2,1-2H3. The van der Waals surface area contributed by atoms with Crippen LogP contribution in [0.3, 0.4) is 0 Å². The summed E-state index contributed by atoms with van der Waals surface area (Å²) in [6.07, 6.45) is 0.194. The Kier molecular flexibility index (Phi) is 5.72. The average Bonchev–Trinajstić information content (AvgIpc) is 3.06. The number of aryl methyl sites for hydroxylation is 1. The van der Waals surface area contributed by atoms with Crippen LogP contribution in [-0.2, 0) is 16.1 Å². The molecular formula is C17H19NO3S. The van der Waals surface area contributed by atoms with E-state index in [0.717, 1.165) is 5.56 Å². The largest absolute Gasteiger partial charge is 0.469 e. The minimum atomic E-state index is -0.312. The first-order chi connectivity index (χ1) is 10.6. The van der Waals surface area contributed by atoms with Gasteiger partial charge < -0.3 is 9.64 Å². The molecule has 22 heavy (non-hydrogen) atoms. The minimum Gasteiger partial charge on any atom is -0.469 e. The molecule has 0 saturated heterocycles. The lowest BCUT2D eigenvalue weighted by atomic mass is 10.1. The summed E-state index contributed by atoms with van der Waals surface area (Å²) in [7, 11) is 1.35. The zero-order chi connectivity index (χ0) is 15.9. The number of amides is 1. The zero-order valence-electron chi connectivity index (χ0n) is 12.7. The highest BCUT2D eigenvalue weighted by molar-refractivity contribution is 7.12. The van der Waals surface area contributed by atoms with Crippen LogP contribution >= 0.6 is 11.3 Å². The minimum absolute atomic E-state index is 0.0560. The molecule has 1 aromatic carbocycles. The molecule has 2 rings (SSSR count). The number of hydrogen-bond acceptors (Lipinski definition) is 4. The van der Waals surface area contributed by atoms with E-state index in [1.165, 1.54) is 24.0 Å². The quantitative estimate of drug-likeness (QED) is 0.768. The third kappa shape index (κ3) is 4.43. The van der Waals surface area contributed by atoms with Crippen molar-refractivity contribution in [3.8, 4) is 0 Å². The van der Waals surface area contributed by atoms with E-state index in [9.17, 15) is 9.59 Å². The highest BCUT2D eigenvalue weighted by atomic mass is 32.1. The number of benzene rings is 1. The Hall–Kier alpha value is -2.14. The van der Waals surface area contributed by atoms with Crippen LogP contribution in [0.5, 0.6) is 0 Å². The predicted molar refractivity (Wildman–Crippen MR) is 86.9 cm³/mol. The Morgan fingerprint density at radius 2 is 1.91 bits per heavy atom. The fourth-order valence-electron chi connectivity index (χ4n) is 2.05. The van der Waals surface area contributed by atoms with Gasteiger partial charge in [-0.2, -0.15) is 0 Å². The Bertz CT molecular complexity index is 620. The van der Waals surface area contributed by atoms with Crippen molar-refractivity contribution < 1.29 is 14.3 Å². The number of hydrogen-bond donors (Lipinski definition) is 0. The van der Waals surface area contributed by atoms with E-state index in [-0.39, 0.29) is 18.3 Å². The summed E-state index contributed by atoms with van der Waals surface area (Å²) in [5.41, 5.74) is 2.22. The highest BCUT2D eigenvalue weighted by Gasteiger charge is 2.18. The van der Waals surface area contributed by atoms with Gasteiger partial charge >= 0.3 is 5.97 Å². The van der Waals surface area contributed by atoms with Crippen LogP contribution in [0, 0.1) is 6.92 Å². The maximum Gasteiger partial charge on any atom is 0.307 e. The molecule has 0 saturated carbocycles. The number of ether oxygens (including phenoxy) is 1. The van der Waals surface area contributed by atoms with E-state index in [1.807, 2.05) is 42.6 Å². The van der Waals surface area contributed by atoms with Crippen LogP contribution < -0.4 is 0 Å². The lowest BCUT2D eigenvalue weighted by Gasteiger charge is -2.22. The lowest BCUT2D eigenvalue weighted by Crippen LogP contribution is -2.32. The molecule has 5 heteroatoms. The van der Waals surface area contributed by atoms with Gasteiger partial charge in [0.1, 0.15) is 0 Å². The first-order valence-electron chi connectivity index (χ1n) is 7.05. The topological polar surface area (TPSA) is 46.6 Å². The molecule has 4 nitrogen and oxygen atoms in total. The molecule has 1 heterocycles. The third-order valence-electron chi connectivity index (χ3n) is 3.33. The van der Waals surface area contributed by atoms with Gasteiger partial charge in [-0.1, -0.05) is 35.9 Å². The molecule has 0 aliphatic heterocycles. The van der Waals surface area contributed by atoms with Crippen molar-refractivity contribution in [2.24, 2.45) is 0 Å². The number of carbonyl (C=O) groups excluding carboxylic acids is 2. The summed E-state index contributed by atoms with van der Waals surface area (Å²) in [6.45, 7) is 2.85. The second-order valence-electron chi connectivity index (χ2n) is 5.02. The SMILES string of the molecule is COC(=O)CCN(Cc1ccc(C)cc1)C(=O)c1cccs1. The van der Waals surface area contributed by atoms with Crippen LogP contribution in [0.15, 0.2) is 41.8 Å². The van der Waals surface area contributed by atoms with Gasteiger partial charge in [-0.15, -0.1) is 11.3 Å². The number of rotatable bonds is 6. The lowest BCUT2D eigenvalue weighted by molar-refractivity contribution is -0.140. The third-order valence-corrected chi connectivity index (χ3v) is 4.18. The molecule has 2 aromatic rings. The van der Waals surface area contributed by atoms with Crippen LogP contribution in [0.2, 0.25) is 0 Å². The van der Waals surface area contributed by atoms with Gasteiger partial charge in [-0.05, 0) is 23.9 Å². The van der Waals surface area contributed by atoms with E-state index in [0.29, 0.717) is 18.0 Å². The second kappa shape index (κ2) is 7.75. The molecule has 0 spiro atoms. The van der Waals surface area contributed by atoms with Gasteiger partial charge in [0.2, 0.25) is 0 Å². The van der Waals surface area contributed by atoms with Crippen molar-refractivity contribution in [2.75, 3.05) is 13.7 Å². The molecule has 0 aliphatic carbocycles. The summed E-state index contributed by atoms with van der Waals surface area (Å²) in [6, 6.07) is 11.7. The van der Waals surface area contributed by atoms with Crippen molar-refractivity contribution >= 4 is 23.2 Å². The summed E-state index contributed by atoms with van der Waals surface area (Å²) < 4.78 is 4.66. The molecule has 0 aliphatic rings. The van der Waals surface area contributed by atoms with Crippen LogP contribution in [-0.4, -0.2) is 30.4 Å². The summed E-state index contributed by atoms with van der Waals surface area (Å²) in [5.74, 6) is -0.368. The fourth-order valence-corrected chi connectivity index (χ4v) is 2.74. The molecule has 0 fully saturated rings. The number of thiophene rings is 1. The van der Waals surface area contributed by atoms with Crippen molar-refractivity contribution in [2.45, 2.75) is 19.9 Å². The summed E-state index contributed by atoms with van der Waals surface area (Å²) in [4.78, 5) is 26.3. The van der Waals surface area contributed by atoms with Crippen LogP contribution in [0.4, 0.5) is 0 Å². The number of nitrogens with zero attached hydrogens (tertiary/aromatic N) is 1. The van der Waals surface area contributed by atoms with Crippen molar-refractivity contribution in [3.63, 3.8) is 0 Å². The van der Waals surface area contributed by atoms with E-state index >= 15 is 0 Å². The molecule has 116 valence electrons. The first-order valence-corrected chi connectivity index (χ1v) is 7.93. The normalized spacial score (nSPS) is 10.3. The van der Waals surface area contributed by atoms with Gasteiger partial charge in [-0.3, -0.25) is 9.59 Å². The maximum absolute atomic E-state index is 12.6. The van der Waals surface area contributed by atoms with Gasteiger partial charge in [0, 0.05) is 13.1 Å². The summed E-state index contributed by atoms with van der Waals surface area (Å²) >= 11 is 1.40. The molecular weight excluding hydrogens is 298 g/mol. The van der Waals surface area contributed by atoms with Crippen molar-refractivity contribution in [3.05, 3.63) is 57.8 Å². The fraction of sp³-hybridized carbons (Fsp3) is 0.294. The molecule has 1 aromatic heterocycles. The van der Waals surface area contributed by atoms with E-state index in [1.54, 1.807) is 11.0 Å². The Morgan fingerprint density at radius 1 is 1.18 bits per heavy atom. The van der Waals surface area contributed by atoms with Gasteiger partial charge in [0.15, 0.2) is 0 Å². The number of carbonyl (C=O) groups is 2. The number of esters is 1. The van der Waals surface area contributed by atoms with E-state index in [4.69, 9.17) is 0 Å². The number of methoxy groups -OCH3 is 1. The van der Waals surface area contributed by atoms with Gasteiger partial charge in [0.05, 0.1) is 18.4 Å². The molecule has 0 atom stereocenters. The van der Waals surface area contributed by atoms with Gasteiger partial charge in [-0.25, -0.2) is 0 Å². The van der Waals surface area contributed by atoms with Crippen LogP contribution in [0.1, 0.15) is 27.2 Å². The molecule has 0 N–H and O–H groups in total. The summed E-state index contributed by atoms with van der Waals surface area (Å²) in [5, 5.41) is 1.87. The molecule has 0 bridgehead atoms. The maximum atomic E-state index is 12.6. The van der Waals surface area contributed by atoms with Gasteiger partial charge in [0.25, 0.3) is 5.91 Å². The zero-order valence-corrected chi connectivity index (χ0v) is 13.6. The molecule has 0 unspecified atom stereocenters. The predicted octanol–water partition coefficient (Wildman–Crippen LogP) is 3.26. The average molecular weight is 317 g/mol. The van der Waals surface area contributed by atoms with Crippen LogP contribution in [0.25, 0.3) is 0 Å². The Labute approximate surface area is 134 Å². The van der Waals surface area contributed by atoms with Crippen molar-refractivity contribution in [1.29, 1.82) is 0 Å². The Balaban J connectivity index is 2.11.